The normalized spacial score (nSPS) is 23.3. The molecule has 0 spiro atoms. The number of rotatable bonds is 60. The van der Waals surface area contributed by atoms with E-state index in [9.17, 15) is 45.6 Å². The molecule has 2 aliphatic heterocycles. The van der Waals surface area contributed by atoms with Crippen molar-refractivity contribution in [3.05, 3.63) is 122 Å². The van der Waals surface area contributed by atoms with Crippen molar-refractivity contribution in [3.63, 3.8) is 0 Å². The van der Waals surface area contributed by atoms with E-state index in [-0.39, 0.29) is 18.9 Å². The Bertz CT molecular complexity index is 2030. The Labute approximate surface area is 565 Å². The second-order valence-corrected chi connectivity index (χ2v) is 25.7. The number of hydrogen-bond acceptors (Lipinski definition) is 13. The van der Waals surface area contributed by atoms with Gasteiger partial charge in [-0.1, -0.05) is 289 Å². The number of aliphatic hydroxyl groups excluding tert-OH is 8. The zero-order valence-corrected chi connectivity index (χ0v) is 58.2. The molecule has 2 heterocycles. The molecule has 1 amide bonds. The third-order valence-corrected chi connectivity index (χ3v) is 17.4. The summed E-state index contributed by atoms with van der Waals surface area (Å²) in [7, 11) is 0. The van der Waals surface area contributed by atoms with Gasteiger partial charge in [0.25, 0.3) is 0 Å². The topological polar surface area (TPSA) is 228 Å². The lowest BCUT2D eigenvalue weighted by Gasteiger charge is -2.46. The van der Waals surface area contributed by atoms with Gasteiger partial charge in [0.2, 0.25) is 5.91 Å². The molecule has 0 bridgehead atoms. The van der Waals surface area contributed by atoms with Crippen molar-refractivity contribution in [2.45, 2.75) is 351 Å². The van der Waals surface area contributed by atoms with Crippen LogP contribution in [0.2, 0.25) is 0 Å². The number of allylic oxidation sites excluding steroid dienone is 19. The highest BCUT2D eigenvalue weighted by molar-refractivity contribution is 5.76. The van der Waals surface area contributed by atoms with Gasteiger partial charge in [-0.3, -0.25) is 4.79 Å². The average Bonchev–Trinajstić information content (AvgIpc) is 0.854. The number of unbranched alkanes of at least 4 members (excludes halogenated alkanes) is 29. The maximum Gasteiger partial charge on any atom is 0.220 e. The lowest BCUT2D eigenvalue weighted by molar-refractivity contribution is -0.359. The minimum atomic E-state index is -1.80. The van der Waals surface area contributed by atoms with Crippen LogP contribution in [0.3, 0.4) is 0 Å². The molecule has 14 nitrogen and oxygen atoms in total. The van der Waals surface area contributed by atoms with E-state index in [0.717, 1.165) is 103 Å². The number of ether oxygens (including phenoxy) is 4. The number of aliphatic hydroxyl groups is 8. The van der Waals surface area contributed by atoms with E-state index in [1.807, 2.05) is 6.08 Å². The maximum atomic E-state index is 13.3. The average molecular weight is 1310 g/mol. The van der Waals surface area contributed by atoms with E-state index >= 15 is 0 Å². The Balaban J connectivity index is 1.70. The predicted octanol–water partition coefficient (Wildman–Crippen LogP) is 16.1. The van der Waals surface area contributed by atoms with Crippen LogP contribution < -0.4 is 5.32 Å². The molecule has 534 valence electrons. The van der Waals surface area contributed by atoms with Crippen molar-refractivity contribution in [2.75, 3.05) is 19.8 Å². The smallest absolute Gasteiger partial charge is 0.220 e. The molecule has 0 aromatic carbocycles. The Morgan fingerprint density at radius 3 is 1.18 bits per heavy atom. The van der Waals surface area contributed by atoms with E-state index in [1.54, 1.807) is 6.08 Å². The van der Waals surface area contributed by atoms with Gasteiger partial charge >= 0.3 is 0 Å². The van der Waals surface area contributed by atoms with Crippen LogP contribution in [-0.4, -0.2) is 140 Å². The molecule has 12 unspecified atom stereocenters. The van der Waals surface area contributed by atoms with Gasteiger partial charge in [-0.05, 0) is 103 Å². The van der Waals surface area contributed by atoms with Gasteiger partial charge in [0.15, 0.2) is 12.6 Å². The fourth-order valence-electron chi connectivity index (χ4n) is 11.5. The van der Waals surface area contributed by atoms with Crippen molar-refractivity contribution >= 4 is 5.91 Å². The van der Waals surface area contributed by atoms with Gasteiger partial charge < -0.3 is 65.1 Å². The highest BCUT2D eigenvalue weighted by Gasteiger charge is 2.51. The van der Waals surface area contributed by atoms with Crippen molar-refractivity contribution in [2.24, 2.45) is 0 Å². The monoisotopic (exact) mass is 1310 g/mol. The zero-order chi connectivity index (χ0) is 67.3. The SMILES string of the molecule is CC/C=C\C/C=C\C/C=C\C/C=C\C/C=C\C/C=C\C/C=C\CCCCCCCC(=O)NC(COC1OC(CO)C(OC2OC(CO)C(O)C(O)C2O)C(O)C1O)C(O)/C=C/CC/C=C/CC/C=C/CCCCCCCCCCCCCCCCCCCCCCCC. The van der Waals surface area contributed by atoms with E-state index in [0.29, 0.717) is 12.8 Å². The summed E-state index contributed by atoms with van der Waals surface area (Å²) < 4.78 is 22.8. The van der Waals surface area contributed by atoms with Crippen LogP contribution in [0.15, 0.2) is 122 Å². The molecule has 2 aliphatic rings. The highest BCUT2D eigenvalue weighted by atomic mass is 16.7. The van der Waals surface area contributed by atoms with Crippen LogP contribution >= 0.6 is 0 Å². The lowest BCUT2D eigenvalue weighted by atomic mass is 9.97. The molecule has 0 aromatic heterocycles. The summed E-state index contributed by atoms with van der Waals surface area (Å²) >= 11 is 0. The maximum absolute atomic E-state index is 13.3. The van der Waals surface area contributed by atoms with Crippen LogP contribution in [0.4, 0.5) is 0 Å². The first kappa shape index (κ1) is 85.5. The van der Waals surface area contributed by atoms with Gasteiger partial charge in [-0.25, -0.2) is 0 Å². The van der Waals surface area contributed by atoms with Crippen LogP contribution in [0, 0.1) is 0 Å². The van der Waals surface area contributed by atoms with Gasteiger partial charge in [0, 0.05) is 6.42 Å². The standard InChI is InChI=1S/C79H135NO13/c1-3-5-7-9-11-13-15-17-19-21-23-25-27-29-31-32-33-34-35-37-38-40-42-44-46-48-50-52-54-56-58-60-62-68(83)67(66-90-78-76(89)74(87)77(70(65-82)92-78)93-79-75(88)73(86)72(85)69(64-81)91-79)80-71(84)63-61-59-57-55-53-51-49-47-45-43-41-39-36-30-28-26-24-22-20-18-16-14-12-10-8-6-4-2/h6,8,12,14,18,20,24,26,30,36,41,43-44,46-47,49,52,54,60,62,67-70,72-79,81-83,85-89H,3-5,7,9-11,13,15-17,19,21-23,25,27-29,31-35,37-40,42,45,48,50-51,53,55-59,61,63-66H2,1-2H3,(H,80,84)/b8-6-,14-12-,20-18-,26-24-,36-30-,43-41-,46-44+,49-47-,54-52+,62-60+. The molecule has 14 heteroatoms. The Hall–Kier alpha value is -3.61. The van der Waals surface area contributed by atoms with Crippen LogP contribution in [0.5, 0.6) is 0 Å². The van der Waals surface area contributed by atoms with E-state index < -0.39 is 86.8 Å². The fourth-order valence-corrected chi connectivity index (χ4v) is 11.5. The van der Waals surface area contributed by atoms with E-state index in [4.69, 9.17) is 18.9 Å². The molecular formula is C79H135NO13. The zero-order valence-electron chi connectivity index (χ0n) is 58.2. The first-order valence-corrected chi connectivity index (χ1v) is 37.3. The van der Waals surface area contributed by atoms with Crippen LogP contribution in [-0.2, 0) is 23.7 Å². The highest BCUT2D eigenvalue weighted by Crippen LogP contribution is 2.30. The molecule has 0 saturated carbocycles. The number of amides is 1. The number of hydrogen-bond donors (Lipinski definition) is 9. The largest absolute Gasteiger partial charge is 0.394 e. The van der Waals surface area contributed by atoms with Crippen molar-refractivity contribution in [1.29, 1.82) is 0 Å². The number of carbonyl (C=O) groups excluding carboxylic acids is 1. The Morgan fingerprint density at radius 2 is 0.753 bits per heavy atom. The van der Waals surface area contributed by atoms with Gasteiger partial charge in [0.05, 0.1) is 32.0 Å². The molecule has 2 saturated heterocycles. The second-order valence-electron chi connectivity index (χ2n) is 25.7. The number of carbonyl (C=O) groups is 1. The molecule has 12 atom stereocenters. The van der Waals surface area contributed by atoms with Crippen molar-refractivity contribution in [1.82, 2.24) is 5.32 Å². The van der Waals surface area contributed by atoms with Crippen LogP contribution in [0.25, 0.3) is 0 Å². The third-order valence-electron chi connectivity index (χ3n) is 17.4. The lowest BCUT2D eigenvalue weighted by Crippen LogP contribution is -2.65. The fraction of sp³-hybridized carbons (Fsp3) is 0.734. The second kappa shape index (κ2) is 61.9. The molecule has 2 fully saturated rings. The minimum absolute atomic E-state index is 0.239. The summed E-state index contributed by atoms with van der Waals surface area (Å²) in [4.78, 5) is 13.3. The molecule has 0 aliphatic carbocycles. The molecule has 2 rings (SSSR count). The predicted molar refractivity (Wildman–Crippen MR) is 382 cm³/mol. The van der Waals surface area contributed by atoms with Crippen molar-refractivity contribution < 1.29 is 64.6 Å². The summed E-state index contributed by atoms with van der Waals surface area (Å²) in [5, 5.41) is 87.5. The number of nitrogens with one attached hydrogen (secondary N) is 1. The molecule has 93 heavy (non-hydrogen) atoms. The van der Waals surface area contributed by atoms with Crippen LogP contribution in [0.1, 0.15) is 277 Å². The Kier molecular flexibility index (Phi) is 56.9. The van der Waals surface area contributed by atoms with Gasteiger partial charge in [0.1, 0.15) is 48.8 Å². The Morgan fingerprint density at radius 1 is 0.398 bits per heavy atom. The first-order valence-electron chi connectivity index (χ1n) is 37.3. The first-order chi connectivity index (χ1) is 45.6. The summed E-state index contributed by atoms with van der Waals surface area (Å²) in [6, 6.07) is -0.960. The molecular weight excluding hydrogens is 1170 g/mol. The van der Waals surface area contributed by atoms with Gasteiger partial charge in [-0.2, -0.15) is 0 Å². The van der Waals surface area contributed by atoms with E-state index in [2.05, 4.69) is 129 Å². The minimum Gasteiger partial charge on any atom is -0.394 e. The quantitative estimate of drug-likeness (QED) is 0.0204. The van der Waals surface area contributed by atoms with Crippen molar-refractivity contribution in [3.8, 4) is 0 Å². The third kappa shape index (κ3) is 45.5. The molecule has 9 N–H and O–H groups in total. The molecule has 0 aromatic rings. The summed E-state index contributed by atoms with van der Waals surface area (Å²) in [5.74, 6) is -0.275. The van der Waals surface area contributed by atoms with Gasteiger partial charge in [-0.15, -0.1) is 0 Å². The summed E-state index contributed by atoms with van der Waals surface area (Å²) in [5.41, 5.74) is 0. The summed E-state index contributed by atoms with van der Waals surface area (Å²) in [6.07, 6.45) is 74.1. The summed E-state index contributed by atoms with van der Waals surface area (Å²) in [6.45, 7) is 2.66. The molecule has 0 radical (unpaired) electrons. The van der Waals surface area contributed by atoms with E-state index in [1.165, 1.54) is 141 Å².